The number of nitro benzene ring substituents is 1. The molecule has 3 aromatic heterocycles. The smallest absolute Gasteiger partial charge is 0.327 e. The van der Waals surface area contributed by atoms with Gasteiger partial charge in [-0.15, -0.1) is 0 Å². The van der Waals surface area contributed by atoms with Crippen LogP contribution in [0.4, 0.5) is 5.69 Å². The van der Waals surface area contributed by atoms with E-state index in [0.717, 1.165) is 5.56 Å². The van der Waals surface area contributed by atoms with Crippen molar-refractivity contribution in [2.24, 2.45) is 0 Å². The average Bonchev–Trinajstić information content (AvgIpc) is 3.22. The van der Waals surface area contributed by atoms with Crippen LogP contribution in [0.1, 0.15) is 5.56 Å². The molecule has 0 aliphatic heterocycles. The van der Waals surface area contributed by atoms with Gasteiger partial charge in [-0.3, -0.25) is 29.6 Å². The van der Waals surface area contributed by atoms with Crippen LogP contribution < -0.4 is 11.2 Å². The molecule has 0 radical (unpaired) electrons. The van der Waals surface area contributed by atoms with Crippen LogP contribution in [-0.2, 0) is 6.54 Å². The maximum Gasteiger partial charge on any atom is 0.327 e. The minimum atomic E-state index is -0.637. The zero-order valence-corrected chi connectivity index (χ0v) is 13.1. The predicted molar refractivity (Wildman–Crippen MR) is 90.8 cm³/mol. The van der Waals surface area contributed by atoms with Gasteiger partial charge in [0.25, 0.3) is 11.2 Å². The number of H-pyrrole nitrogens is 3. The highest BCUT2D eigenvalue weighted by molar-refractivity contribution is 5.74. The molecule has 0 saturated carbocycles. The zero-order chi connectivity index (χ0) is 18.3. The molecule has 0 aliphatic rings. The second-order valence-corrected chi connectivity index (χ2v) is 5.57. The molecule has 0 unspecified atom stereocenters. The summed E-state index contributed by atoms with van der Waals surface area (Å²) in [5.74, 6) is 0.373. The lowest BCUT2D eigenvalue weighted by molar-refractivity contribution is -0.384. The lowest BCUT2D eigenvalue weighted by Gasteiger charge is -2.01. The van der Waals surface area contributed by atoms with E-state index >= 15 is 0 Å². The fourth-order valence-electron chi connectivity index (χ4n) is 2.60. The molecule has 130 valence electrons. The molecule has 0 spiro atoms. The Morgan fingerprint density at radius 3 is 2.85 bits per heavy atom. The molecule has 0 saturated heterocycles. The van der Waals surface area contributed by atoms with Crippen molar-refractivity contribution in [2.45, 2.75) is 6.54 Å². The first-order chi connectivity index (χ1) is 12.5. The lowest BCUT2D eigenvalue weighted by Crippen LogP contribution is -2.21. The van der Waals surface area contributed by atoms with Crippen LogP contribution in [-0.4, -0.2) is 34.6 Å². The van der Waals surface area contributed by atoms with Gasteiger partial charge in [0.15, 0.2) is 5.65 Å². The molecule has 0 aliphatic carbocycles. The van der Waals surface area contributed by atoms with Gasteiger partial charge in [0, 0.05) is 18.3 Å². The molecule has 3 heterocycles. The van der Waals surface area contributed by atoms with Crippen molar-refractivity contribution in [2.75, 3.05) is 0 Å². The number of hydrogen-bond acceptors (Lipinski definition) is 6. The molecule has 0 amide bonds. The molecule has 0 atom stereocenters. The lowest BCUT2D eigenvalue weighted by atomic mass is 10.2. The summed E-state index contributed by atoms with van der Waals surface area (Å²) >= 11 is 0. The molecule has 11 nitrogen and oxygen atoms in total. The van der Waals surface area contributed by atoms with Crippen molar-refractivity contribution >= 4 is 16.9 Å². The van der Waals surface area contributed by atoms with E-state index in [4.69, 9.17) is 0 Å². The quantitative estimate of drug-likeness (QED) is 0.363. The zero-order valence-electron chi connectivity index (χ0n) is 13.1. The van der Waals surface area contributed by atoms with Crippen LogP contribution in [0.15, 0.2) is 46.2 Å². The Kier molecular flexibility index (Phi) is 3.46. The fraction of sp³-hybridized carbons (Fsp3) is 0.0667. The SMILES string of the molecule is O=c1[nH]c(=O)c2[nH]c(-c3cnn(Cc4cccc([N+](=O)[O-])c4)c3)nc2[nH]1. The second kappa shape index (κ2) is 5.81. The summed E-state index contributed by atoms with van der Waals surface area (Å²) in [7, 11) is 0. The summed E-state index contributed by atoms with van der Waals surface area (Å²) in [5, 5.41) is 15.1. The molecule has 3 N–H and O–H groups in total. The Morgan fingerprint density at radius 1 is 1.19 bits per heavy atom. The van der Waals surface area contributed by atoms with Crippen molar-refractivity contribution in [3.05, 3.63) is 73.2 Å². The Hall–Kier alpha value is -4.02. The number of aromatic amines is 3. The molecule has 11 heteroatoms. The van der Waals surface area contributed by atoms with Gasteiger partial charge >= 0.3 is 5.69 Å². The topological polar surface area (TPSA) is 155 Å². The molecular formula is C15H11N7O4. The monoisotopic (exact) mass is 353 g/mol. The summed E-state index contributed by atoms with van der Waals surface area (Å²) in [6.45, 7) is 0.333. The van der Waals surface area contributed by atoms with Gasteiger partial charge in [-0.25, -0.2) is 9.78 Å². The highest BCUT2D eigenvalue weighted by Crippen LogP contribution is 2.18. The Labute approximate surface area is 143 Å². The van der Waals surface area contributed by atoms with E-state index in [1.807, 2.05) is 0 Å². The van der Waals surface area contributed by atoms with Gasteiger partial charge in [0.1, 0.15) is 11.3 Å². The summed E-state index contributed by atoms with van der Waals surface area (Å²) < 4.78 is 1.59. The number of aromatic nitrogens is 6. The maximum atomic E-state index is 11.8. The first kappa shape index (κ1) is 15.5. The van der Waals surface area contributed by atoms with Crippen molar-refractivity contribution < 1.29 is 4.92 Å². The van der Waals surface area contributed by atoms with Gasteiger partial charge in [-0.2, -0.15) is 5.10 Å². The summed E-state index contributed by atoms with van der Waals surface area (Å²) in [6, 6.07) is 6.27. The first-order valence-electron chi connectivity index (χ1n) is 7.48. The van der Waals surface area contributed by atoms with Crippen LogP contribution in [0, 0.1) is 10.1 Å². The molecule has 0 fully saturated rings. The normalized spacial score (nSPS) is 11.1. The minimum absolute atomic E-state index is 0.00958. The van der Waals surface area contributed by atoms with E-state index < -0.39 is 16.2 Å². The minimum Gasteiger partial charge on any atom is -0.332 e. The highest BCUT2D eigenvalue weighted by atomic mass is 16.6. The molecule has 4 rings (SSSR count). The Morgan fingerprint density at radius 2 is 2.04 bits per heavy atom. The van der Waals surface area contributed by atoms with E-state index in [9.17, 15) is 19.7 Å². The second-order valence-electron chi connectivity index (χ2n) is 5.57. The third-order valence-corrected chi connectivity index (χ3v) is 3.76. The predicted octanol–water partition coefficient (Wildman–Crippen LogP) is 0.759. The average molecular weight is 353 g/mol. The number of imidazole rings is 1. The largest absolute Gasteiger partial charge is 0.332 e. The first-order valence-corrected chi connectivity index (χ1v) is 7.48. The van der Waals surface area contributed by atoms with Crippen LogP contribution in [0.3, 0.4) is 0 Å². The van der Waals surface area contributed by atoms with Gasteiger partial charge in [-0.05, 0) is 5.56 Å². The third-order valence-electron chi connectivity index (χ3n) is 3.76. The molecule has 4 aromatic rings. The Balaban J connectivity index is 1.65. The third kappa shape index (κ3) is 2.77. The van der Waals surface area contributed by atoms with E-state index in [1.54, 1.807) is 29.2 Å². The van der Waals surface area contributed by atoms with Crippen molar-refractivity contribution in [3.63, 3.8) is 0 Å². The number of nitrogens with zero attached hydrogens (tertiary/aromatic N) is 4. The van der Waals surface area contributed by atoms with Crippen LogP contribution >= 0.6 is 0 Å². The van der Waals surface area contributed by atoms with E-state index in [2.05, 4.69) is 25.0 Å². The molecule has 1 aromatic carbocycles. The van der Waals surface area contributed by atoms with E-state index in [1.165, 1.54) is 12.1 Å². The number of nitrogens with one attached hydrogen (secondary N) is 3. The van der Waals surface area contributed by atoms with Crippen LogP contribution in [0.25, 0.3) is 22.6 Å². The number of hydrogen-bond donors (Lipinski definition) is 3. The van der Waals surface area contributed by atoms with Crippen molar-refractivity contribution in [1.29, 1.82) is 0 Å². The van der Waals surface area contributed by atoms with Crippen molar-refractivity contribution in [3.8, 4) is 11.4 Å². The number of non-ortho nitro benzene ring substituents is 1. The van der Waals surface area contributed by atoms with E-state index in [-0.39, 0.29) is 16.9 Å². The summed E-state index contributed by atoms with van der Waals surface area (Å²) in [5.41, 5.74) is 0.445. The Bertz CT molecular complexity index is 1250. The number of rotatable bonds is 4. The van der Waals surface area contributed by atoms with Crippen molar-refractivity contribution in [1.82, 2.24) is 29.7 Å². The molecule has 26 heavy (non-hydrogen) atoms. The number of nitro groups is 1. The van der Waals surface area contributed by atoms with Gasteiger partial charge < -0.3 is 4.98 Å². The summed E-state index contributed by atoms with van der Waals surface area (Å²) in [6.07, 6.45) is 3.23. The number of benzene rings is 1. The van der Waals surface area contributed by atoms with Crippen LogP contribution in [0.2, 0.25) is 0 Å². The number of fused-ring (bicyclic) bond motifs is 1. The maximum absolute atomic E-state index is 11.8. The highest BCUT2D eigenvalue weighted by Gasteiger charge is 2.12. The summed E-state index contributed by atoms with van der Waals surface area (Å²) in [4.78, 5) is 45.0. The van der Waals surface area contributed by atoms with Gasteiger partial charge in [-0.1, -0.05) is 12.1 Å². The fourth-order valence-corrected chi connectivity index (χ4v) is 2.60. The molecule has 0 bridgehead atoms. The van der Waals surface area contributed by atoms with Gasteiger partial charge in [0.2, 0.25) is 0 Å². The standard InChI is InChI=1S/C15H11N7O4/c23-14-11-13(19-15(24)20-14)18-12(17-11)9-5-16-21(7-9)6-8-2-1-3-10(4-8)22(25)26/h1-5,7H,6H2,(H3,17,18,19,20,23,24). The molecular weight excluding hydrogens is 342 g/mol. The van der Waals surface area contributed by atoms with Gasteiger partial charge in [0.05, 0.1) is 23.2 Å². The van der Waals surface area contributed by atoms with E-state index in [0.29, 0.717) is 17.9 Å². The van der Waals surface area contributed by atoms with Crippen LogP contribution in [0.5, 0.6) is 0 Å².